The molecule has 6 heteroatoms. The van der Waals surface area contributed by atoms with E-state index < -0.39 is 12.0 Å². The van der Waals surface area contributed by atoms with Gasteiger partial charge >= 0.3 is 0 Å². The summed E-state index contributed by atoms with van der Waals surface area (Å²) in [5.74, 6) is -1.00. The molecule has 0 spiro atoms. The monoisotopic (exact) mass is 373 g/mol. The van der Waals surface area contributed by atoms with Crippen molar-refractivity contribution in [2.75, 3.05) is 11.9 Å². The summed E-state index contributed by atoms with van der Waals surface area (Å²) in [6, 6.07) is 13.8. The quantitative estimate of drug-likeness (QED) is 0.691. The van der Waals surface area contributed by atoms with Crippen LogP contribution >= 0.6 is 11.6 Å². The Morgan fingerprint density at radius 2 is 1.85 bits per heavy atom. The molecule has 2 aromatic rings. The van der Waals surface area contributed by atoms with E-state index in [9.17, 15) is 9.59 Å². The lowest BCUT2D eigenvalue weighted by molar-refractivity contribution is -0.120. The minimum atomic E-state index is -0.483. The number of nitrogens with one attached hydrogen (secondary N) is 2. The van der Waals surface area contributed by atoms with Crippen molar-refractivity contribution < 1.29 is 9.59 Å². The van der Waals surface area contributed by atoms with Gasteiger partial charge < -0.3 is 16.4 Å². The number of rotatable bonds is 7. The van der Waals surface area contributed by atoms with Gasteiger partial charge in [0.25, 0.3) is 5.91 Å². The number of hydrogen-bond donors (Lipinski definition) is 3. The number of benzene rings is 2. The fourth-order valence-corrected chi connectivity index (χ4v) is 2.70. The highest BCUT2D eigenvalue weighted by Gasteiger charge is 2.23. The van der Waals surface area contributed by atoms with Crippen molar-refractivity contribution in [1.82, 2.24) is 5.32 Å². The Kier molecular flexibility index (Phi) is 7.18. The zero-order valence-electron chi connectivity index (χ0n) is 15.0. The average molecular weight is 374 g/mol. The first-order valence-electron chi connectivity index (χ1n) is 8.63. The SMILES string of the molecule is CCCNC(=O)c1ccc(Cl)cc1NC(=O)C(C)C(N)c1ccccc1. The highest BCUT2D eigenvalue weighted by atomic mass is 35.5. The van der Waals surface area contributed by atoms with Crippen LogP contribution in [0, 0.1) is 5.92 Å². The molecule has 2 aromatic carbocycles. The number of amides is 2. The Hall–Kier alpha value is -2.37. The lowest BCUT2D eigenvalue weighted by atomic mass is 9.94. The molecular weight excluding hydrogens is 350 g/mol. The van der Waals surface area contributed by atoms with Gasteiger partial charge in [0.1, 0.15) is 0 Å². The van der Waals surface area contributed by atoms with Crippen LogP contribution < -0.4 is 16.4 Å². The van der Waals surface area contributed by atoms with Crippen LogP contribution in [0.4, 0.5) is 5.69 Å². The van der Waals surface area contributed by atoms with Crippen LogP contribution in [0.15, 0.2) is 48.5 Å². The van der Waals surface area contributed by atoms with Crippen molar-refractivity contribution in [2.24, 2.45) is 11.7 Å². The number of anilines is 1. The lowest BCUT2D eigenvalue weighted by Gasteiger charge is -2.21. The topological polar surface area (TPSA) is 84.2 Å². The van der Waals surface area contributed by atoms with E-state index in [1.54, 1.807) is 25.1 Å². The molecule has 138 valence electrons. The van der Waals surface area contributed by atoms with Crippen molar-refractivity contribution >= 4 is 29.1 Å². The van der Waals surface area contributed by atoms with Gasteiger partial charge in [0, 0.05) is 17.6 Å². The third-order valence-electron chi connectivity index (χ3n) is 4.16. The first-order valence-corrected chi connectivity index (χ1v) is 9.01. The molecule has 0 heterocycles. The van der Waals surface area contributed by atoms with E-state index in [0.29, 0.717) is 22.8 Å². The number of nitrogens with two attached hydrogens (primary N) is 1. The fourth-order valence-electron chi connectivity index (χ4n) is 2.53. The first kappa shape index (κ1) is 19.9. The maximum atomic E-state index is 12.7. The molecule has 0 aliphatic carbocycles. The molecule has 2 rings (SSSR count). The van der Waals surface area contributed by atoms with Gasteiger partial charge in [0.15, 0.2) is 0 Å². The van der Waals surface area contributed by atoms with Crippen molar-refractivity contribution in [3.63, 3.8) is 0 Å². The number of halogens is 1. The Morgan fingerprint density at radius 1 is 1.15 bits per heavy atom. The molecule has 0 aliphatic heterocycles. The molecule has 0 aliphatic rings. The molecular formula is C20H24ClN3O2. The van der Waals surface area contributed by atoms with Crippen LogP contribution in [0.5, 0.6) is 0 Å². The van der Waals surface area contributed by atoms with E-state index in [4.69, 9.17) is 17.3 Å². The first-order chi connectivity index (χ1) is 12.4. The number of hydrogen-bond acceptors (Lipinski definition) is 3. The zero-order valence-corrected chi connectivity index (χ0v) is 15.7. The Bertz CT molecular complexity index is 765. The number of carbonyl (C=O) groups excluding carboxylic acids is 2. The maximum Gasteiger partial charge on any atom is 0.253 e. The molecule has 4 N–H and O–H groups in total. The second-order valence-electron chi connectivity index (χ2n) is 6.16. The van der Waals surface area contributed by atoms with Crippen LogP contribution in [-0.2, 0) is 4.79 Å². The smallest absolute Gasteiger partial charge is 0.253 e. The zero-order chi connectivity index (χ0) is 19.1. The maximum absolute atomic E-state index is 12.7. The third-order valence-corrected chi connectivity index (χ3v) is 4.39. The summed E-state index contributed by atoms with van der Waals surface area (Å²) in [6.45, 7) is 4.29. The molecule has 0 bridgehead atoms. The van der Waals surface area contributed by atoms with Gasteiger partial charge in [0.05, 0.1) is 17.2 Å². The predicted molar refractivity (Wildman–Crippen MR) is 105 cm³/mol. The van der Waals surface area contributed by atoms with Gasteiger partial charge in [-0.05, 0) is 30.2 Å². The fraction of sp³-hybridized carbons (Fsp3) is 0.300. The van der Waals surface area contributed by atoms with Crippen molar-refractivity contribution in [3.8, 4) is 0 Å². The summed E-state index contributed by atoms with van der Waals surface area (Å²) in [5, 5.41) is 6.03. The average Bonchev–Trinajstić information content (AvgIpc) is 2.65. The number of carbonyl (C=O) groups is 2. The summed E-state index contributed by atoms with van der Waals surface area (Å²) in [4.78, 5) is 25.0. The molecule has 26 heavy (non-hydrogen) atoms. The third kappa shape index (κ3) is 5.07. The standard InChI is InChI=1S/C20H24ClN3O2/c1-3-11-23-20(26)16-10-9-15(21)12-17(16)24-19(25)13(2)18(22)14-7-5-4-6-8-14/h4-10,12-13,18H,3,11,22H2,1-2H3,(H,23,26)(H,24,25). The lowest BCUT2D eigenvalue weighted by Crippen LogP contribution is -2.32. The van der Waals surface area contributed by atoms with Crippen LogP contribution in [-0.4, -0.2) is 18.4 Å². The van der Waals surface area contributed by atoms with Gasteiger partial charge in [-0.1, -0.05) is 55.8 Å². The van der Waals surface area contributed by atoms with Crippen molar-refractivity contribution in [3.05, 3.63) is 64.7 Å². The van der Waals surface area contributed by atoms with E-state index in [0.717, 1.165) is 12.0 Å². The minimum Gasteiger partial charge on any atom is -0.352 e. The molecule has 5 nitrogen and oxygen atoms in total. The van der Waals surface area contributed by atoms with E-state index in [-0.39, 0.29) is 11.8 Å². The van der Waals surface area contributed by atoms with Gasteiger partial charge in [-0.15, -0.1) is 0 Å². The van der Waals surface area contributed by atoms with E-state index in [1.165, 1.54) is 0 Å². The summed E-state index contributed by atoms with van der Waals surface area (Å²) in [5.41, 5.74) is 7.85. The summed E-state index contributed by atoms with van der Waals surface area (Å²) < 4.78 is 0. The predicted octanol–water partition coefficient (Wildman–Crippen LogP) is 3.75. The van der Waals surface area contributed by atoms with Gasteiger partial charge in [-0.3, -0.25) is 9.59 Å². The van der Waals surface area contributed by atoms with E-state index in [1.807, 2.05) is 37.3 Å². The van der Waals surface area contributed by atoms with Crippen LogP contribution in [0.25, 0.3) is 0 Å². The molecule has 0 saturated carbocycles. The van der Waals surface area contributed by atoms with Crippen LogP contribution in [0.1, 0.15) is 42.2 Å². The minimum absolute atomic E-state index is 0.251. The Morgan fingerprint density at radius 3 is 2.50 bits per heavy atom. The second-order valence-corrected chi connectivity index (χ2v) is 6.60. The molecule has 2 amide bonds. The van der Waals surface area contributed by atoms with Crippen LogP contribution in [0.2, 0.25) is 5.02 Å². The summed E-state index contributed by atoms with van der Waals surface area (Å²) >= 11 is 6.04. The molecule has 2 atom stereocenters. The molecule has 2 unspecified atom stereocenters. The Labute approximate surface area is 158 Å². The van der Waals surface area contributed by atoms with Crippen LogP contribution in [0.3, 0.4) is 0 Å². The van der Waals surface area contributed by atoms with E-state index >= 15 is 0 Å². The summed E-state index contributed by atoms with van der Waals surface area (Å²) in [6.07, 6.45) is 0.823. The summed E-state index contributed by atoms with van der Waals surface area (Å²) in [7, 11) is 0. The largest absolute Gasteiger partial charge is 0.352 e. The highest BCUT2D eigenvalue weighted by Crippen LogP contribution is 2.24. The molecule has 0 radical (unpaired) electrons. The second kappa shape index (κ2) is 9.36. The highest BCUT2D eigenvalue weighted by molar-refractivity contribution is 6.31. The molecule has 0 saturated heterocycles. The molecule has 0 aromatic heterocycles. The van der Waals surface area contributed by atoms with Gasteiger partial charge in [0.2, 0.25) is 5.91 Å². The Balaban J connectivity index is 2.17. The van der Waals surface area contributed by atoms with E-state index in [2.05, 4.69) is 10.6 Å². The molecule has 0 fully saturated rings. The van der Waals surface area contributed by atoms with Crippen molar-refractivity contribution in [1.29, 1.82) is 0 Å². The van der Waals surface area contributed by atoms with Gasteiger partial charge in [-0.2, -0.15) is 0 Å². The van der Waals surface area contributed by atoms with Gasteiger partial charge in [-0.25, -0.2) is 0 Å². The van der Waals surface area contributed by atoms with Crippen molar-refractivity contribution in [2.45, 2.75) is 26.3 Å². The normalized spacial score (nSPS) is 12.9.